The van der Waals surface area contributed by atoms with E-state index in [1.54, 1.807) is 13.0 Å². The Morgan fingerprint density at radius 1 is 1.21 bits per heavy atom. The third kappa shape index (κ3) is 8.40. The van der Waals surface area contributed by atoms with Crippen LogP contribution in [0.15, 0.2) is 29.3 Å². The highest BCUT2D eigenvalue weighted by molar-refractivity contribution is 5.94. The number of benzene rings is 1. The minimum Gasteiger partial charge on any atom is -0.357 e. The first-order valence-electron chi connectivity index (χ1n) is 7.81. The highest BCUT2D eigenvalue weighted by Crippen LogP contribution is 2.18. The van der Waals surface area contributed by atoms with Gasteiger partial charge in [-0.05, 0) is 31.0 Å². The van der Waals surface area contributed by atoms with Crippen LogP contribution < -0.4 is 16.0 Å². The van der Waals surface area contributed by atoms with Crippen molar-refractivity contribution in [3.05, 3.63) is 29.8 Å². The molecule has 0 bridgehead atoms. The number of carbonyl (C=O) groups is 1. The molecule has 0 heterocycles. The molecular weight excluding hydrogens is 321 g/mol. The molecule has 0 atom stereocenters. The van der Waals surface area contributed by atoms with Crippen molar-refractivity contribution in [3.63, 3.8) is 0 Å². The topological polar surface area (TPSA) is 65.5 Å². The van der Waals surface area contributed by atoms with Gasteiger partial charge in [0.15, 0.2) is 5.96 Å². The van der Waals surface area contributed by atoms with E-state index in [9.17, 15) is 18.0 Å². The zero-order valence-corrected chi connectivity index (χ0v) is 13.8. The summed E-state index contributed by atoms with van der Waals surface area (Å²) in [5.74, 6) is -0.157. The van der Waals surface area contributed by atoms with E-state index < -0.39 is 12.6 Å². The van der Waals surface area contributed by atoms with Crippen LogP contribution in [0, 0.1) is 0 Å². The smallest absolute Gasteiger partial charge is 0.357 e. The molecule has 24 heavy (non-hydrogen) atoms. The summed E-state index contributed by atoms with van der Waals surface area (Å²) in [5, 5.41) is 8.06. The van der Waals surface area contributed by atoms with Crippen LogP contribution in [-0.2, 0) is 11.2 Å². The number of aryl methyl sites for hydroxylation is 1. The van der Waals surface area contributed by atoms with Gasteiger partial charge in [0, 0.05) is 18.8 Å². The van der Waals surface area contributed by atoms with E-state index in [0.29, 0.717) is 12.2 Å². The Bertz CT molecular complexity index is 558. The summed E-state index contributed by atoms with van der Waals surface area (Å²) in [6.07, 6.45) is -4.34. The summed E-state index contributed by atoms with van der Waals surface area (Å²) in [5.41, 5.74) is 1.77. The summed E-state index contributed by atoms with van der Waals surface area (Å²) in [4.78, 5) is 15.9. The molecule has 0 aliphatic rings. The molecule has 1 rings (SSSR count). The summed E-state index contributed by atoms with van der Waals surface area (Å²) >= 11 is 0. The molecule has 1 amide bonds. The predicted molar refractivity (Wildman–Crippen MR) is 89.1 cm³/mol. The quantitative estimate of drug-likeness (QED) is 0.526. The van der Waals surface area contributed by atoms with Gasteiger partial charge in [-0.1, -0.05) is 19.1 Å². The van der Waals surface area contributed by atoms with Gasteiger partial charge in [0.1, 0.15) is 6.54 Å². The third-order valence-electron chi connectivity index (χ3n) is 3.04. The number of hydrogen-bond donors (Lipinski definition) is 3. The molecule has 0 aromatic heterocycles. The van der Waals surface area contributed by atoms with Crippen LogP contribution in [0.3, 0.4) is 0 Å². The van der Waals surface area contributed by atoms with E-state index in [4.69, 9.17) is 0 Å². The van der Waals surface area contributed by atoms with Crippen molar-refractivity contribution in [2.75, 3.05) is 25.0 Å². The van der Waals surface area contributed by atoms with Crippen LogP contribution in [0.1, 0.15) is 25.8 Å². The normalized spacial score (nSPS) is 12.0. The molecule has 0 saturated carbocycles. The molecule has 1 aromatic rings. The van der Waals surface area contributed by atoms with Gasteiger partial charge in [-0.2, -0.15) is 13.2 Å². The molecule has 0 saturated heterocycles. The van der Waals surface area contributed by atoms with Crippen molar-refractivity contribution in [2.24, 2.45) is 4.99 Å². The number of amides is 1. The highest BCUT2D eigenvalue weighted by atomic mass is 19.4. The van der Waals surface area contributed by atoms with E-state index in [1.807, 2.05) is 25.1 Å². The van der Waals surface area contributed by atoms with Crippen LogP contribution in [-0.4, -0.2) is 37.7 Å². The SMILES string of the molecule is CCNC(=NCC(=O)Nc1cccc(CC)c1)NCCC(F)(F)F. The maximum atomic E-state index is 12.1. The lowest BCUT2D eigenvalue weighted by Gasteiger charge is -2.12. The highest BCUT2D eigenvalue weighted by Gasteiger charge is 2.26. The number of nitrogens with zero attached hydrogens (tertiary/aromatic N) is 1. The zero-order valence-electron chi connectivity index (χ0n) is 13.8. The van der Waals surface area contributed by atoms with Crippen LogP contribution in [0.4, 0.5) is 18.9 Å². The second kappa shape index (κ2) is 9.79. The minimum atomic E-state index is -4.23. The summed E-state index contributed by atoms with van der Waals surface area (Å²) in [7, 11) is 0. The van der Waals surface area contributed by atoms with E-state index in [1.165, 1.54) is 0 Å². The van der Waals surface area contributed by atoms with Gasteiger partial charge in [0.05, 0.1) is 6.42 Å². The molecule has 8 heteroatoms. The van der Waals surface area contributed by atoms with E-state index in [0.717, 1.165) is 12.0 Å². The maximum Gasteiger partial charge on any atom is 0.390 e. The summed E-state index contributed by atoms with van der Waals surface area (Å²) in [6, 6.07) is 7.45. The molecule has 3 N–H and O–H groups in total. The number of guanidine groups is 1. The van der Waals surface area contributed by atoms with E-state index in [2.05, 4.69) is 20.9 Å². The molecule has 0 aliphatic carbocycles. The molecular formula is C16H23F3N4O. The Morgan fingerprint density at radius 3 is 2.58 bits per heavy atom. The fourth-order valence-corrected chi connectivity index (χ4v) is 1.88. The number of aliphatic imine (C=N–C) groups is 1. The van der Waals surface area contributed by atoms with Crippen molar-refractivity contribution in [2.45, 2.75) is 32.9 Å². The number of anilines is 1. The Hall–Kier alpha value is -2.25. The molecule has 0 spiro atoms. The fraction of sp³-hybridized carbons (Fsp3) is 0.500. The van der Waals surface area contributed by atoms with Crippen LogP contribution in [0.2, 0.25) is 0 Å². The Labute approximate surface area is 139 Å². The number of rotatable bonds is 7. The summed E-state index contributed by atoms with van der Waals surface area (Å²) in [6.45, 7) is 3.81. The van der Waals surface area contributed by atoms with Gasteiger partial charge in [0.2, 0.25) is 5.91 Å². The van der Waals surface area contributed by atoms with Crippen molar-refractivity contribution < 1.29 is 18.0 Å². The Balaban J connectivity index is 2.53. The van der Waals surface area contributed by atoms with Crippen LogP contribution in [0.25, 0.3) is 0 Å². The molecule has 134 valence electrons. The fourth-order valence-electron chi connectivity index (χ4n) is 1.88. The Kier molecular flexibility index (Phi) is 8.08. The molecule has 0 aliphatic heterocycles. The number of halogens is 3. The molecule has 5 nitrogen and oxygen atoms in total. The van der Waals surface area contributed by atoms with Gasteiger partial charge in [-0.15, -0.1) is 0 Å². The number of carbonyl (C=O) groups excluding carboxylic acids is 1. The lowest BCUT2D eigenvalue weighted by atomic mass is 10.1. The average Bonchev–Trinajstić information content (AvgIpc) is 2.51. The average molecular weight is 344 g/mol. The summed E-state index contributed by atoms with van der Waals surface area (Å²) < 4.78 is 36.4. The predicted octanol–water partition coefficient (Wildman–Crippen LogP) is 2.70. The first-order chi connectivity index (χ1) is 11.3. The van der Waals surface area contributed by atoms with Gasteiger partial charge in [-0.25, -0.2) is 4.99 Å². The molecule has 1 aromatic carbocycles. The van der Waals surface area contributed by atoms with Crippen molar-refractivity contribution in [1.82, 2.24) is 10.6 Å². The lowest BCUT2D eigenvalue weighted by molar-refractivity contribution is -0.132. The number of alkyl halides is 3. The number of hydrogen-bond acceptors (Lipinski definition) is 2. The van der Waals surface area contributed by atoms with Crippen molar-refractivity contribution in [3.8, 4) is 0 Å². The zero-order chi connectivity index (χ0) is 18.0. The van der Waals surface area contributed by atoms with Crippen molar-refractivity contribution >= 4 is 17.6 Å². The first kappa shape index (κ1) is 19.8. The van der Waals surface area contributed by atoms with Crippen LogP contribution >= 0.6 is 0 Å². The third-order valence-corrected chi connectivity index (χ3v) is 3.04. The van der Waals surface area contributed by atoms with Crippen LogP contribution in [0.5, 0.6) is 0 Å². The standard InChI is InChI=1S/C16H23F3N4O/c1-3-12-6-5-7-13(10-12)23-14(24)11-22-15(20-4-2)21-9-8-16(17,18)19/h5-7,10H,3-4,8-9,11H2,1-2H3,(H,23,24)(H2,20,21,22). The first-order valence-corrected chi connectivity index (χ1v) is 7.81. The number of nitrogens with one attached hydrogen (secondary N) is 3. The second-order valence-corrected chi connectivity index (χ2v) is 5.09. The second-order valence-electron chi connectivity index (χ2n) is 5.09. The van der Waals surface area contributed by atoms with Gasteiger partial charge in [-0.3, -0.25) is 4.79 Å². The van der Waals surface area contributed by atoms with E-state index >= 15 is 0 Å². The minimum absolute atomic E-state index is 0.180. The molecule has 0 unspecified atom stereocenters. The monoisotopic (exact) mass is 344 g/mol. The molecule has 0 fully saturated rings. The molecule has 0 radical (unpaired) electrons. The maximum absolute atomic E-state index is 12.1. The lowest BCUT2D eigenvalue weighted by Crippen LogP contribution is -2.39. The van der Waals surface area contributed by atoms with Crippen molar-refractivity contribution in [1.29, 1.82) is 0 Å². The van der Waals surface area contributed by atoms with Gasteiger partial charge >= 0.3 is 6.18 Å². The van der Waals surface area contributed by atoms with E-state index in [-0.39, 0.29) is 25.0 Å². The Morgan fingerprint density at radius 2 is 1.96 bits per heavy atom. The largest absolute Gasteiger partial charge is 0.390 e. The van der Waals surface area contributed by atoms with Gasteiger partial charge < -0.3 is 16.0 Å². The van der Waals surface area contributed by atoms with Gasteiger partial charge in [0.25, 0.3) is 0 Å².